The van der Waals surface area contributed by atoms with Crippen molar-refractivity contribution in [1.29, 1.82) is 0 Å². The maximum Gasteiger partial charge on any atom is 0.165 e. The molecule has 3 N–H and O–H groups in total. The predicted octanol–water partition coefficient (Wildman–Crippen LogP) is 1.63. The molecule has 0 aromatic carbocycles. The number of rotatable bonds is 4. The summed E-state index contributed by atoms with van der Waals surface area (Å²) in [5.41, 5.74) is 5.87. The van der Waals surface area contributed by atoms with Gasteiger partial charge in [0.1, 0.15) is 0 Å². The Kier molecular flexibility index (Phi) is 3.62. The Balaban J connectivity index is 2.41. The minimum atomic E-state index is 0.250. The van der Waals surface area contributed by atoms with Gasteiger partial charge < -0.3 is 10.7 Å². The molecule has 1 heterocycles. The Morgan fingerprint density at radius 1 is 1.75 bits per heavy atom. The number of H-pyrrole nitrogens is 1. The van der Waals surface area contributed by atoms with Crippen molar-refractivity contribution in [1.82, 2.24) is 9.97 Å². The van der Waals surface area contributed by atoms with Crippen LogP contribution in [0.3, 0.4) is 0 Å². The minimum absolute atomic E-state index is 0.250. The van der Waals surface area contributed by atoms with Crippen molar-refractivity contribution in [3.8, 4) is 0 Å². The van der Waals surface area contributed by atoms with E-state index in [0.717, 1.165) is 11.6 Å². The van der Waals surface area contributed by atoms with Crippen molar-refractivity contribution in [3.05, 3.63) is 12.4 Å². The Bertz CT molecular complexity index is 210. The van der Waals surface area contributed by atoms with Crippen molar-refractivity contribution in [2.75, 3.05) is 0 Å². The number of aromatic amines is 1. The van der Waals surface area contributed by atoms with Crippen LogP contribution in [-0.4, -0.2) is 21.3 Å². The third-order valence-corrected chi connectivity index (χ3v) is 3.01. The second kappa shape index (κ2) is 4.52. The monoisotopic (exact) mass is 185 g/mol. The topological polar surface area (TPSA) is 54.7 Å². The number of aromatic nitrogens is 2. The number of imidazole rings is 1. The van der Waals surface area contributed by atoms with Gasteiger partial charge in [-0.05, 0) is 6.42 Å². The first-order valence-electron chi connectivity index (χ1n) is 4.15. The molecule has 4 heteroatoms. The van der Waals surface area contributed by atoms with E-state index in [-0.39, 0.29) is 6.04 Å². The van der Waals surface area contributed by atoms with Gasteiger partial charge in [-0.2, -0.15) is 0 Å². The molecule has 0 aliphatic heterocycles. The minimum Gasteiger partial charge on any atom is -0.340 e. The van der Waals surface area contributed by atoms with Crippen LogP contribution in [0.5, 0.6) is 0 Å². The molecule has 3 nitrogen and oxygen atoms in total. The predicted molar refractivity (Wildman–Crippen MR) is 52.2 cm³/mol. The van der Waals surface area contributed by atoms with E-state index < -0.39 is 0 Å². The first-order valence-corrected chi connectivity index (χ1v) is 5.03. The zero-order valence-electron chi connectivity index (χ0n) is 7.45. The van der Waals surface area contributed by atoms with Gasteiger partial charge in [0.25, 0.3) is 0 Å². The van der Waals surface area contributed by atoms with Gasteiger partial charge in [-0.15, -0.1) is 0 Å². The van der Waals surface area contributed by atoms with E-state index in [4.69, 9.17) is 5.73 Å². The maximum atomic E-state index is 5.87. The van der Waals surface area contributed by atoms with Crippen molar-refractivity contribution in [3.63, 3.8) is 0 Å². The van der Waals surface area contributed by atoms with Gasteiger partial charge in [0, 0.05) is 23.7 Å². The summed E-state index contributed by atoms with van der Waals surface area (Å²) in [6.07, 6.45) is 4.59. The fourth-order valence-corrected chi connectivity index (χ4v) is 1.89. The van der Waals surface area contributed by atoms with Crippen LogP contribution in [0.25, 0.3) is 0 Å². The summed E-state index contributed by atoms with van der Waals surface area (Å²) in [4.78, 5) is 7.17. The lowest BCUT2D eigenvalue weighted by molar-refractivity contribution is 0.641. The number of hydrogen-bond donors (Lipinski definition) is 2. The molecule has 0 saturated heterocycles. The van der Waals surface area contributed by atoms with Gasteiger partial charge in [-0.25, -0.2) is 4.98 Å². The van der Waals surface area contributed by atoms with Gasteiger partial charge in [0.15, 0.2) is 5.16 Å². The molecule has 68 valence electrons. The first kappa shape index (κ1) is 9.61. The fraction of sp³-hybridized carbons (Fsp3) is 0.625. The van der Waals surface area contributed by atoms with Crippen LogP contribution in [0.1, 0.15) is 20.3 Å². The zero-order valence-corrected chi connectivity index (χ0v) is 8.27. The lowest BCUT2D eigenvalue weighted by atomic mass is 10.2. The summed E-state index contributed by atoms with van der Waals surface area (Å²) >= 11 is 1.69. The third-order valence-electron chi connectivity index (χ3n) is 1.85. The van der Waals surface area contributed by atoms with Crippen LogP contribution < -0.4 is 5.73 Å². The molecule has 0 spiro atoms. The van der Waals surface area contributed by atoms with Crippen molar-refractivity contribution < 1.29 is 0 Å². The van der Waals surface area contributed by atoms with Gasteiger partial charge >= 0.3 is 0 Å². The number of nitrogens with one attached hydrogen (secondary N) is 1. The second-order valence-corrected chi connectivity index (χ2v) is 4.16. The van der Waals surface area contributed by atoms with E-state index in [1.54, 1.807) is 18.0 Å². The summed E-state index contributed by atoms with van der Waals surface area (Å²) in [5, 5.41) is 1.37. The highest BCUT2D eigenvalue weighted by molar-refractivity contribution is 7.99. The molecule has 0 fully saturated rings. The summed E-state index contributed by atoms with van der Waals surface area (Å²) in [6.45, 7) is 4.23. The summed E-state index contributed by atoms with van der Waals surface area (Å²) in [6, 6.07) is 0.250. The number of nitrogens with two attached hydrogens (primary N) is 1. The van der Waals surface area contributed by atoms with E-state index >= 15 is 0 Å². The van der Waals surface area contributed by atoms with E-state index in [9.17, 15) is 0 Å². The van der Waals surface area contributed by atoms with Crippen LogP contribution in [0.15, 0.2) is 17.6 Å². The van der Waals surface area contributed by atoms with E-state index in [1.165, 1.54) is 0 Å². The van der Waals surface area contributed by atoms with E-state index in [2.05, 4.69) is 23.8 Å². The summed E-state index contributed by atoms with van der Waals surface area (Å²) in [7, 11) is 0. The Morgan fingerprint density at radius 2 is 2.50 bits per heavy atom. The fourth-order valence-electron chi connectivity index (χ4n) is 0.911. The lowest BCUT2D eigenvalue weighted by Gasteiger charge is -2.15. The molecule has 12 heavy (non-hydrogen) atoms. The molecular formula is C8H15N3S. The lowest BCUT2D eigenvalue weighted by Crippen LogP contribution is -2.29. The second-order valence-electron chi connectivity index (χ2n) is 2.79. The molecule has 2 atom stereocenters. The highest BCUT2D eigenvalue weighted by atomic mass is 32.2. The molecule has 1 rings (SSSR count). The smallest absolute Gasteiger partial charge is 0.165 e. The zero-order chi connectivity index (χ0) is 8.97. The van der Waals surface area contributed by atoms with E-state index in [1.807, 2.05) is 6.20 Å². The molecule has 0 bridgehead atoms. The molecule has 1 aromatic rings. The largest absolute Gasteiger partial charge is 0.340 e. The number of nitrogens with zero attached hydrogens (tertiary/aromatic N) is 1. The molecule has 2 unspecified atom stereocenters. The highest BCUT2D eigenvalue weighted by Gasteiger charge is 2.12. The van der Waals surface area contributed by atoms with E-state index in [0.29, 0.717) is 5.25 Å². The van der Waals surface area contributed by atoms with Gasteiger partial charge in [-0.3, -0.25) is 0 Å². The quantitative estimate of drug-likeness (QED) is 0.701. The highest BCUT2D eigenvalue weighted by Crippen LogP contribution is 2.21. The number of hydrogen-bond acceptors (Lipinski definition) is 3. The van der Waals surface area contributed by atoms with Crippen molar-refractivity contribution >= 4 is 11.8 Å². The third kappa shape index (κ3) is 2.53. The first-order chi connectivity index (χ1) is 5.74. The van der Waals surface area contributed by atoms with Gasteiger partial charge in [0.2, 0.25) is 0 Å². The average molecular weight is 185 g/mol. The SMILES string of the molecule is CCC(N)C(C)Sc1ncc[nH]1. The van der Waals surface area contributed by atoms with Gasteiger partial charge in [0.05, 0.1) is 0 Å². The normalized spacial score (nSPS) is 15.9. The van der Waals surface area contributed by atoms with Crippen LogP contribution in [0, 0.1) is 0 Å². The van der Waals surface area contributed by atoms with Crippen molar-refractivity contribution in [2.24, 2.45) is 5.73 Å². The Labute approximate surface area is 77.1 Å². The molecular weight excluding hydrogens is 170 g/mol. The van der Waals surface area contributed by atoms with Crippen LogP contribution >= 0.6 is 11.8 Å². The molecule has 0 amide bonds. The molecule has 1 aromatic heterocycles. The van der Waals surface area contributed by atoms with Crippen LogP contribution in [-0.2, 0) is 0 Å². The molecule has 0 radical (unpaired) electrons. The molecule has 0 saturated carbocycles. The standard InChI is InChI=1S/C8H15N3S/c1-3-7(9)6(2)12-8-10-4-5-11-8/h4-7H,3,9H2,1-2H3,(H,10,11). The van der Waals surface area contributed by atoms with Gasteiger partial charge in [-0.1, -0.05) is 25.6 Å². The average Bonchev–Trinajstić information content (AvgIpc) is 2.55. The maximum absolute atomic E-state index is 5.87. The van der Waals surface area contributed by atoms with Crippen LogP contribution in [0.4, 0.5) is 0 Å². The summed E-state index contributed by atoms with van der Waals surface area (Å²) < 4.78 is 0. The number of thioether (sulfide) groups is 1. The summed E-state index contributed by atoms with van der Waals surface area (Å²) in [5.74, 6) is 0. The Hall–Kier alpha value is -0.480. The Morgan fingerprint density at radius 3 is 3.00 bits per heavy atom. The van der Waals surface area contributed by atoms with Crippen LogP contribution in [0.2, 0.25) is 0 Å². The molecule has 0 aliphatic rings. The van der Waals surface area contributed by atoms with Crippen molar-refractivity contribution in [2.45, 2.75) is 36.7 Å². The molecule has 0 aliphatic carbocycles.